The number of para-hydroxylation sites is 1. The number of benzene rings is 2. The van der Waals surface area contributed by atoms with Crippen molar-refractivity contribution in [1.82, 2.24) is 9.88 Å². The van der Waals surface area contributed by atoms with E-state index < -0.39 is 11.0 Å². The molecule has 1 spiro atoms. The smallest absolute Gasteiger partial charge is 0.166 e. The maximum Gasteiger partial charge on any atom is 0.166 e. The predicted molar refractivity (Wildman–Crippen MR) is 135 cm³/mol. The summed E-state index contributed by atoms with van der Waals surface area (Å²) in [4.78, 5) is 6.28. The largest absolute Gasteiger partial charge is 0.504 e. The van der Waals surface area contributed by atoms with Gasteiger partial charge in [0.2, 0.25) is 0 Å². The van der Waals surface area contributed by atoms with Gasteiger partial charge in [-0.05, 0) is 61.5 Å². The van der Waals surface area contributed by atoms with Gasteiger partial charge in [0, 0.05) is 28.9 Å². The molecule has 0 radical (unpaired) electrons. The molecule has 5 heteroatoms. The zero-order chi connectivity index (χ0) is 23.4. The molecule has 182 valence electrons. The Balaban J connectivity index is 1.28. The van der Waals surface area contributed by atoms with Gasteiger partial charge >= 0.3 is 0 Å². The van der Waals surface area contributed by atoms with Gasteiger partial charge in [0.05, 0.1) is 16.7 Å². The number of aliphatic hydroxyl groups is 1. The lowest BCUT2D eigenvalue weighted by molar-refractivity contribution is -0.173. The molecule has 3 N–H and O–H groups in total. The minimum atomic E-state index is -0.924. The van der Waals surface area contributed by atoms with Crippen molar-refractivity contribution in [3.63, 3.8) is 0 Å². The zero-order valence-electron chi connectivity index (χ0n) is 20.2. The molecule has 3 heterocycles. The minimum Gasteiger partial charge on any atom is -0.504 e. The average Bonchev–Trinajstić information content (AvgIpc) is 3.41. The van der Waals surface area contributed by atoms with Gasteiger partial charge in [-0.1, -0.05) is 56.4 Å². The van der Waals surface area contributed by atoms with E-state index in [4.69, 9.17) is 4.74 Å². The van der Waals surface area contributed by atoms with E-state index in [1.54, 1.807) is 6.07 Å². The summed E-state index contributed by atoms with van der Waals surface area (Å²) in [7, 11) is 0. The van der Waals surface area contributed by atoms with E-state index in [1.165, 1.54) is 55.0 Å². The Labute approximate surface area is 206 Å². The van der Waals surface area contributed by atoms with Gasteiger partial charge in [0.15, 0.2) is 17.6 Å². The summed E-state index contributed by atoms with van der Waals surface area (Å²) < 4.78 is 6.66. The molecule has 3 aliphatic carbocycles. The lowest BCUT2D eigenvalue weighted by atomic mass is 9.49. The highest BCUT2D eigenvalue weighted by Crippen LogP contribution is 2.68. The molecular weight excluding hydrogens is 436 g/mol. The van der Waals surface area contributed by atoms with Gasteiger partial charge in [0.1, 0.15) is 0 Å². The van der Waals surface area contributed by atoms with Crippen molar-refractivity contribution in [3.05, 3.63) is 58.8 Å². The molecule has 1 aromatic heterocycles. The number of fused-ring (bicyclic) bond motifs is 4. The van der Waals surface area contributed by atoms with Gasteiger partial charge in [-0.2, -0.15) is 0 Å². The lowest BCUT2D eigenvalue weighted by Crippen LogP contribution is -2.74. The number of nitrogens with one attached hydrogen (secondary N) is 1. The summed E-state index contributed by atoms with van der Waals surface area (Å²) in [6, 6.07) is 12.4. The third-order valence-corrected chi connectivity index (χ3v) is 10.4. The molecular formula is C30H34N2O3. The van der Waals surface area contributed by atoms with Gasteiger partial charge in [-0.15, -0.1) is 0 Å². The van der Waals surface area contributed by atoms with Crippen LogP contribution in [0.2, 0.25) is 0 Å². The molecule has 1 saturated carbocycles. The van der Waals surface area contributed by atoms with Crippen LogP contribution < -0.4 is 4.74 Å². The standard InChI is InChI=1S/C30H34N2O3/c33-23-11-10-19-16-24-30(34)17-21-20-8-4-5-9-22(20)31-26(21)28-29(30,25(19)27(23)35-28)13-15-32(24)14-12-18-6-2-1-3-7-18/h4-5,8-11,18,24,28,31,33-34H,1-3,6-7,12-17H2/t24-,28?,29?,30-/m1/s1. The third kappa shape index (κ3) is 2.51. The summed E-state index contributed by atoms with van der Waals surface area (Å²) in [6.07, 6.45) is 10.1. The molecule has 0 amide bonds. The Kier molecular flexibility index (Phi) is 4.16. The van der Waals surface area contributed by atoms with E-state index in [9.17, 15) is 10.2 Å². The average molecular weight is 471 g/mol. The van der Waals surface area contributed by atoms with Crippen LogP contribution in [0.25, 0.3) is 10.9 Å². The molecule has 2 fully saturated rings. The second-order valence-electron chi connectivity index (χ2n) is 11.9. The van der Waals surface area contributed by atoms with Crippen molar-refractivity contribution in [2.75, 3.05) is 13.1 Å². The van der Waals surface area contributed by atoms with Gasteiger partial charge in [-0.3, -0.25) is 4.90 Å². The van der Waals surface area contributed by atoms with Crippen LogP contribution in [0.1, 0.15) is 73.4 Å². The van der Waals surface area contributed by atoms with Crippen molar-refractivity contribution >= 4 is 10.9 Å². The number of phenols is 1. The van der Waals surface area contributed by atoms with E-state index in [0.29, 0.717) is 12.2 Å². The van der Waals surface area contributed by atoms with Gasteiger partial charge in [0.25, 0.3) is 0 Å². The van der Waals surface area contributed by atoms with Crippen LogP contribution in [0.3, 0.4) is 0 Å². The number of nitrogens with zero attached hydrogens (tertiary/aromatic N) is 1. The van der Waals surface area contributed by atoms with Crippen LogP contribution in [0.5, 0.6) is 11.5 Å². The second kappa shape index (κ2) is 7.04. The fourth-order valence-electron chi connectivity index (χ4n) is 8.82. The fraction of sp³-hybridized carbons (Fsp3) is 0.533. The van der Waals surface area contributed by atoms with Crippen LogP contribution in [-0.2, 0) is 18.3 Å². The van der Waals surface area contributed by atoms with E-state index in [2.05, 4.69) is 40.2 Å². The number of ether oxygens (including phenoxy) is 1. The van der Waals surface area contributed by atoms with E-state index in [1.807, 2.05) is 0 Å². The molecule has 4 atom stereocenters. The monoisotopic (exact) mass is 470 g/mol. The van der Waals surface area contributed by atoms with E-state index in [0.717, 1.165) is 48.6 Å². The van der Waals surface area contributed by atoms with Crippen molar-refractivity contribution in [1.29, 1.82) is 0 Å². The van der Waals surface area contributed by atoms with Crippen LogP contribution in [0, 0.1) is 5.92 Å². The van der Waals surface area contributed by atoms with Gasteiger partial charge < -0.3 is 19.9 Å². The molecule has 2 bridgehead atoms. The molecule has 5 aliphatic rings. The van der Waals surface area contributed by atoms with Crippen LogP contribution in [0.4, 0.5) is 0 Å². The highest BCUT2D eigenvalue weighted by atomic mass is 16.5. The Morgan fingerprint density at radius 3 is 2.83 bits per heavy atom. The third-order valence-electron chi connectivity index (χ3n) is 10.4. The molecule has 2 unspecified atom stereocenters. The fourth-order valence-corrected chi connectivity index (χ4v) is 8.82. The Morgan fingerprint density at radius 2 is 1.94 bits per heavy atom. The van der Waals surface area contributed by atoms with Crippen LogP contribution >= 0.6 is 0 Å². The quantitative estimate of drug-likeness (QED) is 0.496. The molecule has 3 aromatic rings. The zero-order valence-corrected chi connectivity index (χ0v) is 20.2. The SMILES string of the molecule is Oc1ccc2c3c1OC1c4[nH]c5ccccc5c4C[C@@]4(O)[C@@H](C2)N(CCC2CCCCC2)CCC314. The first-order valence-electron chi connectivity index (χ1n) is 13.7. The first kappa shape index (κ1) is 20.7. The molecule has 1 saturated heterocycles. The number of H-pyrrole nitrogens is 1. The number of rotatable bonds is 3. The molecule has 8 rings (SSSR count). The Morgan fingerprint density at radius 1 is 1.09 bits per heavy atom. The summed E-state index contributed by atoms with van der Waals surface area (Å²) >= 11 is 0. The number of phenolic OH excluding ortho intramolecular Hbond substituents is 1. The first-order valence-corrected chi connectivity index (χ1v) is 13.7. The van der Waals surface area contributed by atoms with Crippen LogP contribution in [0.15, 0.2) is 36.4 Å². The highest BCUT2D eigenvalue weighted by molar-refractivity contribution is 5.86. The number of hydrogen-bond donors (Lipinski definition) is 3. The number of hydrogen-bond acceptors (Lipinski definition) is 4. The summed E-state index contributed by atoms with van der Waals surface area (Å²) in [5.41, 5.74) is 4.27. The molecule has 2 aromatic carbocycles. The predicted octanol–water partition coefficient (Wildman–Crippen LogP) is 5.13. The minimum absolute atomic E-state index is 0.0655. The van der Waals surface area contributed by atoms with E-state index in [-0.39, 0.29) is 17.9 Å². The van der Waals surface area contributed by atoms with Crippen molar-refractivity contribution in [2.45, 2.75) is 80.9 Å². The van der Waals surface area contributed by atoms with Crippen molar-refractivity contribution in [3.8, 4) is 11.5 Å². The number of piperidine rings is 1. The number of likely N-dealkylation sites (tertiary alicyclic amines) is 1. The van der Waals surface area contributed by atoms with Gasteiger partial charge in [-0.25, -0.2) is 0 Å². The normalized spacial score (nSPS) is 33.4. The molecule has 2 aliphatic heterocycles. The van der Waals surface area contributed by atoms with Crippen molar-refractivity contribution in [2.24, 2.45) is 5.92 Å². The molecule has 5 nitrogen and oxygen atoms in total. The summed E-state index contributed by atoms with van der Waals surface area (Å²) in [5.74, 6) is 1.64. The highest BCUT2D eigenvalue weighted by Gasteiger charge is 2.72. The molecule has 35 heavy (non-hydrogen) atoms. The van der Waals surface area contributed by atoms with E-state index >= 15 is 0 Å². The number of aromatic hydroxyl groups is 1. The topological polar surface area (TPSA) is 68.7 Å². The lowest BCUT2D eigenvalue weighted by Gasteiger charge is -2.62. The van der Waals surface area contributed by atoms with Crippen LogP contribution in [-0.4, -0.2) is 44.8 Å². The second-order valence-corrected chi connectivity index (χ2v) is 11.9. The maximum atomic E-state index is 12.9. The maximum absolute atomic E-state index is 12.9. The summed E-state index contributed by atoms with van der Waals surface area (Å²) in [5, 5.41) is 24.9. The Hall–Kier alpha value is -2.50. The number of aromatic amines is 1. The van der Waals surface area contributed by atoms with Crippen molar-refractivity contribution < 1.29 is 14.9 Å². The Bertz CT molecular complexity index is 1340. The number of aromatic nitrogens is 1. The first-order chi connectivity index (χ1) is 17.1. The summed E-state index contributed by atoms with van der Waals surface area (Å²) in [6.45, 7) is 2.05.